The predicted molar refractivity (Wildman–Crippen MR) is 86.7 cm³/mol. The molecule has 1 aliphatic rings. The number of amides is 1. The maximum absolute atomic E-state index is 12.3. The van der Waals surface area contributed by atoms with Crippen LogP contribution in [0.25, 0.3) is 0 Å². The van der Waals surface area contributed by atoms with Gasteiger partial charge in [-0.3, -0.25) is 4.79 Å². The molecule has 0 fully saturated rings. The lowest BCUT2D eigenvalue weighted by Gasteiger charge is -2.24. The lowest BCUT2D eigenvalue weighted by molar-refractivity contribution is -0.115. The summed E-state index contributed by atoms with van der Waals surface area (Å²) < 4.78 is 0. The smallest absolute Gasteiger partial charge is 0.243 e. The second-order valence-electron chi connectivity index (χ2n) is 5.55. The molecule has 1 atom stereocenters. The molecule has 1 unspecified atom stereocenters. The Balaban J connectivity index is 1.68. The Morgan fingerprint density at radius 3 is 2.73 bits per heavy atom. The average Bonchev–Trinajstić information content (AvgIpc) is 2.84. The van der Waals surface area contributed by atoms with Gasteiger partial charge < -0.3 is 10.2 Å². The molecule has 0 aromatic heterocycles. The van der Waals surface area contributed by atoms with E-state index in [4.69, 9.17) is 5.26 Å². The van der Waals surface area contributed by atoms with Crippen molar-refractivity contribution in [2.45, 2.75) is 19.4 Å². The van der Waals surface area contributed by atoms with Crippen LogP contribution in [0.15, 0.2) is 48.5 Å². The molecule has 0 radical (unpaired) electrons. The molecule has 1 aliphatic heterocycles. The summed E-state index contributed by atoms with van der Waals surface area (Å²) in [7, 11) is 0. The van der Waals surface area contributed by atoms with Crippen LogP contribution in [0.2, 0.25) is 0 Å². The monoisotopic (exact) mass is 291 g/mol. The predicted octanol–water partition coefficient (Wildman–Crippen LogP) is 2.95. The largest absolute Gasteiger partial charge is 0.359 e. The highest BCUT2D eigenvalue weighted by atomic mass is 16.2. The van der Waals surface area contributed by atoms with Crippen LogP contribution >= 0.6 is 0 Å². The first kappa shape index (κ1) is 14.2. The molecule has 0 spiro atoms. The molecule has 0 bridgehead atoms. The highest BCUT2D eigenvalue weighted by Crippen LogP contribution is 2.31. The second kappa shape index (κ2) is 5.90. The van der Waals surface area contributed by atoms with Crippen LogP contribution in [-0.4, -0.2) is 18.5 Å². The first-order valence-electron chi connectivity index (χ1n) is 7.32. The maximum Gasteiger partial charge on any atom is 0.243 e. The van der Waals surface area contributed by atoms with Gasteiger partial charge in [-0.2, -0.15) is 5.26 Å². The molecule has 0 saturated heterocycles. The van der Waals surface area contributed by atoms with Crippen molar-refractivity contribution < 1.29 is 4.79 Å². The Bertz CT molecular complexity index is 731. The summed E-state index contributed by atoms with van der Waals surface area (Å²) in [5, 5.41) is 11.7. The zero-order chi connectivity index (χ0) is 15.5. The molecule has 22 heavy (non-hydrogen) atoms. The van der Waals surface area contributed by atoms with E-state index in [9.17, 15) is 4.79 Å². The van der Waals surface area contributed by atoms with Crippen LogP contribution in [0.5, 0.6) is 0 Å². The summed E-state index contributed by atoms with van der Waals surface area (Å²) in [5.74, 6) is -0.0479. The van der Waals surface area contributed by atoms with Gasteiger partial charge in [-0.1, -0.05) is 18.2 Å². The lowest BCUT2D eigenvalue weighted by atomic mass is 10.1. The van der Waals surface area contributed by atoms with Gasteiger partial charge in [-0.15, -0.1) is 0 Å². The minimum Gasteiger partial charge on any atom is -0.359 e. The third kappa shape index (κ3) is 2.79. The number of carbonyl (C=O) groups excluding carboxylic acids is 1. The summed E-state index contributed by atoms with van der Waals surface area (Å²) in [6.45, 7) is 2.47. The average molecular weight is 291 g/mol. The van der Waals surface area contributed by atoms with E-state index in [2.05, 4.69) is 35.3 Å². The molecule has 0 aliphatic carbocycles. The van der Waals surface area contributed by atoms with Crippen LogP contribution in [0.3, 0.4) is 0 Å². The summed E-state index contributed by atoms with van der Waals surface area (Å²) in [6.07, 6.45) is 0.973. The number of hydrogen-bond acceptors (Lipinski definition) is 3. The Hall–Kier alpha value is -2.80. The molecular formula is C18H17N3O. The molecule has 2 aromatic carbocycles. The molecule has 0 saturated carbocycles. The number of anilines is 2. The van der Waals surface area contributed by atoms with Gasteiger partial charge in [0.1, 0.15) is 0 Å². The second-order valence-corrected chi connectivity index (χ2v) is 5.55. The van der Waals surface area contributed by atoms with E-state index >= 15 is 0 Å². The zero-order valence-electron chi connectivity index (χ0n) is 12.4. The van der Waals surface area contributed by atoms with Crippen molar-refractivity contribution in [2.75, 3.05) is 16.8 Å². The molecule has 1 heterocycles. The Morgan fingerprint density at radius 1 is 1.27 bits per heavy atom. The van der Waals surface area contributed by atoms with Gasteiger partial charge in [-0.05, 0) is 49.2 Å². The Morgan fingerprint density at radius 2 is 2.00 bits per heavy atom. The number of nitriles is 1. The number of hydrogen-bond donors (Lipinski definition) is 1. The molecule has 110 valence electrons. The summed E-state index contributed by atoms with van der Waals surface area (Å²) >= 11 is 0. The number of benzene rings is 2. The van der Waals surface area contributed by atoms with Gasteiger partial charge >= 0.3 is 0 Å². The summed E-state index contributed by atoms with van der Waals surface area (Å²) in [4.78, 5) is 14.4. The number of nitrogens with one attached hydrogen (secondary N) is 1. The highest BCUT2D eigenvalue weighted by Gasteiger charge is 2.26. The summed E-state index contributed by atoms with van der Waals surface area (Å²) in [5.41, 5.74) is 3.73. The first-order chi connectivity index (χ1) is 10.7. The van der Waals surface area contributed by atoms with Gasteiger partial charge in [0.15, 0.2) is 0 Å². The van der Waals surface area contributed by atoms with Crippen molar-refractivity contribution in [3.8, 4) is 6.07 Å². The molecule has 4 nitrogen and oxygen atoms in total. The van der Waals surface area contributed by atoms with Gasteiger partial charge in [-0.25, -0.2) is 0 Å². The van der Waals surface area contributed by atoms with Gasteiger partial charge in [0.05, 0.1) is 18.2 Å². The van der Waals surface area contributed by atoms with Crippen LogP contribution in [0.1, 0.15) is 18.1 Å². The van der Waals surface area contributed by atoms with E-state index in [-0.39, 0.29) is 5.91 Å². The molecule has 2 aromatic rings. The number of nitrogens with zero attached hydrogens (tertiary/aromatic N) is 2. The molecule has 4 heteroatoms. The summed E-state index contributed by atoms with van der Waals surface area (Å²) in [6, 6.07) is 17.5. The number of para-hydroxylation sites is 1. The zero-order valence-corrected chi connectivity index (χ0v) is 12.4. The van der Waals surface area contributed by atoms with E-state index in [0.717, 1.165) is 12.1 Å². The SMILES string of the molecule is CC1Cc2ccccc2N1CC(=O)Nc1ccc(C#N)cc1. The minimum atomic E-state index is -0.0479. The topological polar surface area (TPSA) is 56.1 Å². The standard InChI is InChI=1S/C18H17N3O/c1-13-10-15-4-2-3-5-17(15)21(13)12-18(22)20-16-8-6-14(11-19)7-9-16/h2-9,13H,10,12H2,1H3,(H,20,22). The lowest BCUT2D eigenvalue weighted by Crippen LogP contribution is -2.37. The van der Waals surface area contributed by atoms with Crippen molar-refractivity contribution in [2.24, 2.45) is 0 Å². The van der Waals surface area contributed by atoms with Crippen molar-refractivity contribution in [3.63, 3.8) is 0 Å². The normalized spacial score (nSPS) is 16.0. The number of rotatable bonds is 3. The molecule has 3 rings (SSSR count). The van der Waals surface area contributed by atoms with E-state index in [0.29, 0.717) is 23.8 Å². The van der Waals surface area contributed by atoms with Gasteiger partial charge in [0.2, 0.25) is 5.91 Å². The number of fused-ring (bicyclic) bond motifs is 1. The quantitative estimate of drug-likeness (QED) is 0.946. The maximum atomic E-state index is 12.3. The van der Waals surface area contributed by atoms with Crippen molar-refractivity contribution in [1.29, 1.82) is 5.26 Å². The Labute approximate surface area is 130 Å². The number of carbonyl (C=O) groups is 1. The highest BCUT2D eigenvalue weighted by molar-refractivity contribution is 5.94. The van der Waals surface area contributed by atoms with Crippen LogP contribution in [0.4, 0.5) is 11.4 Å². The third-order valence-electron chi connectivity index (χ3n) is 3.96. The van der Waals surface area contributed by atoms with Gasteiger partial charge in [0, 0.05) is 17.4 Å². The van der Waals surface area contributed by atoms with Crippen molar-refractivity contribution in [3.05, 3.63) is 59.7 Å². The van der Waals surface area contributed by atoms with Crippen LogP contribution < -0.4 is 10.2 Å². The van der Waals surface area contributed by atoms with E-state index in [1.807, 2.05) is 12.1 Å². The van der Waals surface area contributed by atoms with Crippen LogP contribution in [-0.2, 0) is 11.2 Å². The fourth-order valence-corrected chi connectivity index (χ4v) is 2.85. The van der Waals surface area contributed by atoms with E-state index in [1.54, 1.807) is 24.3 Å². The fraction of sp³-hybridized carbons (Fsp3) is 0.222. The molecular weight excluding hydrogens is 274 g/mol. The first-order valence-corrected chi connectivity index (χ1v) is 7.32. The third-order valence-corrected chi connectivity index (χ3v) is 3.96. The molecule has 1 amide bonds. The van der Waals surface area contributed by atoms with Crippen molar-refractivity contribution >= 4 is 17.3 Å². The van der Waals surface area contributed by atoms with E-state index in [1.165, 1.54) is 5.56 Å². The minimum absolute atomic E-state index is 0.0479. The van der Waals surface area contributed by atoms with Crippen molar-refractivity contribution in [1.82, 2.24) is 0 Å². The van der Waals surface area contributed by atoms with Crippen LogP contribution in [0, 0.1) is 11.3 Å². The van der Waals surface area contributed by atoms with Gasteiger partial charge in [0.25, 0.3) is 0 Å². The fourth-order valence-electron chi connectivity index (χ4n) is 2.85. The van der Waals surface area contributed by atoms with E-state index < -0.39 is 0 Å². The molecule has 1 N–H and O–H groups in total. The Kier molecular flexibility index (Phi) is 3.80.